The quantitative estimate of drug-likeness (QED) is 0.781. The minimum absolute atomic E-state index is 0.0121. The minimum Gasteiger partial charge on any atom is -0.392 e. The van der Waals surface area contributed by atoms with Gasteiger partial charge in [-0.2, -0.15) is 0 Å². The van der Waals surface area contributed by atoms with Gasteiger partial charge in [-0.3, -0.25) is 14.5 Å². The molecule has 0 aromatic heterocycles. The average molecular weight is 396 g/mol. The van der Waals surface area contributed by atoms with Crippen molar-refractivity contribution in [3.05, 3.63) is 66.2 Å². The lowest BCUT2D eigenvalue weighted by atomic mass is 10.0. The maximum Gasteiger partial charge on any atom is 0.242 e. The molecule has 2 aromatic rings. The van der Waals surface area contributed by atoms with Crippen molar-refractivity contribution in [2.75, 3.05) is 38.1 Å². The molecule has 0 aliphatic carbocycles. The van der Waals surface area contributed by atoms with Crippen molar-refractivity contribution in [1.82, 2.24) is 9.80 Å². The Morgan fingerprint density at radius 1 is 1.10 bits per heavy atom. The summed E-state index contributed by atoms with van der Waals surface area (Å²) < 4.78 is 0. The number of aliphatic hydroxyl groups excluding tert-OH is 1. The molecule has 2 aromatic carbocycles. The Labute approximate surface area is 172 Å². The third-order valence-corrected chi connectivity index (χ3v) is 5.47. The molecule has 6 nitrogen and oxygen atoms in total. The lowest BCUT2D eigenvalue weighted by molar-refractivity contribution is -0.132. The number of likely N-dealkylation sites (tertiary alicyclic amines) is 1. The summed E-state index contributed by atoms with van der Waals surface area (Å²) in [6.45, 7) is 3.54. The van der Waals surface area contributed by atoms with Crippen molar-refractivity contribution in [2.45, 2.75) is 25.5 Å². The lowest BCUT2D eigenvalue weighted by Crippen LogP contribution is -2.44. The average Bonchev–Trinajstić information content (AvgIpc) is 3.15. The van der Waals surface area contributed by atoms with Crippen molar-refractivity contribution < 1.29 is 14.7 Å². The van der Waals surface area contributed by atoms with Crippen molar-refractivity contribution in [3.8, 4) is 0 Å². The number of β-amino-alcohol motifs (C(OH)–C–C–N with tert-alkyl or cyclic N) is 1. The first-order chi connectivity index (χ1) is 14.0. The third-order valence-electron chi connectivity index (χ3n) is 5.47. The molecule has 2 atom stereocenters. The summed E-state index contributed by atoms with van der Waals surface area (Å²) in [5.41, 5.74) is 1.75. The molecule has 1 aliphatic rings. The van der Waals surface area contributed by atoms with E-state index >= 15 is 0 Å². The van der Waals surface area contributed by atoms with Crippen LogP contribution >= 0.6 is 0 Å². The van der Waals surface area contributed by atoms with Gasteiger partial charge in [0.1, 0.15) is 6.54 Å². The first kappa shape index (κ1) is 21.0. The number of amides is 2. The standard InChI is InChI=1S/C23H29N3O3/c1-18(27)26(20-11-7-4-8-12-20)17-23(29)24(2)22(19-9-5-3-6-10-19)16-25-14-13-21(28)15-25/h3-12,21-22,28H,13-17H2,1-2H3/t21?,22-/m1/s1. The highest BCUT2D eigenvalue weighted by Crippen LogP contribution is 2.24. The summed E-state index contributed by atoms with van der Waals surface area (Å²) in [5.74, 6) is -0.297. The molecule has 0 saturated carbocycles. The number of carbonyl (C=O) groups excluding carboxylic acids is 2. The van der Waals surface area contributed by atoms with E-state index in [9.17, 15) is 14.7 Å². The largest absolute Gasteiger partial charge is 0.392 e. The fourth-order valence-corrected chi connectivity index (χ4v) is 3.76. The summed E-state index contributed by atoms with van der Waals surface area (Å²) in [5, 5.41) is 9.87. The predicted molar refractivity (Wildman–Crippen MR) is 113 cm³/mol. The van der Waals surface area contributed by atoms with E-state index in [-0.39, 0.29) is 30.5 Å². The highest BCUT2D eigenvalue weighted by molar-refractivity contribution is 5.97. The van der Waals surface area contributed by atoms with Crippen LogP contribution in [0.25, 0.3) is 0 Å². The summed E-state index contributed by atoms with van der Waals surface area (Å²) in [6.07, 6.45) is 0.449. The molecule has 1 heterocycles. The van der Waals surface area contributed by atoms with Crippen LogP contribution in [0.1, 0.15) is 24.9 Å². The topological polar surface area (TPSA) is 64.1 Å². The molecule has 1 saturated heterocycles. The van der Waals surface area contributed by atoms with E-state index in [1.807, 2.05) is 60.7 Å². The SMILES string of the molecule is CC(=O)N(CC(=O)N(C)[C@H](CN1CCC(O)C1)c1ccccc1)c1ccccc1. The normalized spacial score (nSPS) is 17.7. The van der Waals surface area contributed by atoms with E-state index in [4.69, 9.17) is 0 Å². The van der Waals surface area contributed by atoms with Crippen molar-refractivity contribution >= 4 is 17.5 Å². The summed E-state index contributed by atoms with van der Waals surface area (Å²) in [7, 11) is 1.79. The van der Waals surface area contributed by atoms with Crippen LogP contribution in [0, 0.1) is 0 Å². The molecule has 2 amide bonds. The minimum atomic E-state index is -0.307. The van der Waals surface area contributed by atoms with Gasteiger partial charge in [0, 0.05) is 39.3 Å². The number of nitrogens with zero attached hydrogens (tertiary/aromatic N) is 3. The number of para-hydroxylation sites is 1. The smallest absolute Gasteiger partial charge is 0.242 e. The number of hydrogen-bond donors (Lipinski definition) is 1. The molecule has 1 unspecified atom stereocenters. The fourth-order valence-electron chi connectivity index (χ4n) is 3.76. The monoisotopic (exact) mass is 395 g/mol. The van der Waals surface area contributed by atoms with E-state index < -0.39 is 0 Å². The van der Waals surface area contributed by atoms with Crippen LogP contribution in [-0.2, 0) is 9.59 Å². The second kappa shape index (κ2) is 9.67. The summed E-state index contributed by atoms with van der Waals surface area (Å²) in [6, 6.07) is 19.0. The Morgan fingerprint density at radius 2 is 1.72 bits per heavy atom. The molecule has 154 valence electrons. The molecule has 0 spiro atoms. The van der Waals surface area contributed by atoms with Gasteiger partial charge in [0.25, 0.3) is 0 Å². The maximum atomic E-state index is 13.1. The molecular formula is C23H29N3O3. The van der Waals surface area contributed by atoms with E-state index in [0.29, 0.717) is 18.8 Å². The molecule has 1 N–H and O–H groups in total. The van der Waals surface area contributed by atoms with E-state index in [2.05, 4.69) is 4.90 Å². The highest BCUT2D eigenvalue weighted by atomic mass is 16.3. The number of benzene rings is 2. The van der Waals surface area contributed by atoms with Gasteiger partial charge in [-0.25, -0.2) is 0 Å². The maximum absolute atomic E-state index is 13.1. The summed E-state index contributed by atoms with van der Waals surface area (Å²) >= 11 is 0. The Bertz CT molecular complexity index is 813. The molecular weight excluding hydrogens is 366 g/mol. The van der Waals surface area contributed by atoms with Gasteiger partial charge in [0.05, 0.1) is 12.1 Å². The second-order valence-electron chi connectivity index (χ2n) is 7.57. The van der Waals surface area contributed by atoms with Crippen molar-refractivity contribution in [3.63, 3.8) is 0 Å². The Kier molecular flexibility index (Phi) is 7.01. The molecule has 1 fully saturated rings. The van der Waals surface area contributed by atoms with E-state index in [0.717, 1.165) is 18.5 Å². The van der Waals surface area contributed by atoms with Gasteiger partial charge in [0.15, 0.2) is 0 Å². The van der Waals surface area contributed by atoms with Crippen molar-refractivity contribution in [1.29, 1.82) is 0 Å². The van der Waals surface area contributed by atoms with Gasteiger partial charge >= 0.3 is 0 Å². The number of carbonyl (C=O) groups is 2. The van der Waals surface area contributed by atoms with Gasteiger partial charge < -0.3 is 14.9 Å². The van der Waals surface area contributed by atoms with Crippen LogP contribution in [0.4, 0.5) is 5.69 Å². The zero-order valence-corrected chi connectivity index (χ0v) is 17.1. The van der Waals surface area contributed by atoms with Gasteiger partial charge in [0.2, 0.25) is 11.8 Å². The highest BCUT2D eigenvalue weighted by Gasteiger charge is 2.29. The van der Waals surface area contributed by atoms with Gasteiger partial charge in [-0.05, 0) is 24.1 Å². The number of hydrogen-bond acceptors (Lipinski definition) is 4. The van der Waals surface area contributed by atoms with Gasteiger partial charge in [-0.1, -0.05) is 48.5 Å². The van der Waals surface area contributed by atoms with Crippen LogP contribution in [-0.4, -0.2) is 66.1 Å². The van der Waals surface area contributed by atoms with Gasteiger partial charge in [-0.15, -0.1) is 0 Å². The van der Waals surface area contributed by atoms with E-state index in [1.165, 1.54) is 11.8 Å². The van der Waals surface area contributed by atoms with Crippen LogP contribution in [0.3, 0.4) is 0 Å². The Morgan fingerprint density at radius 3 is 2.28 bits per heavy atom. The zero-order valence-electron chi connectivity index (χ0n) is 17.1. The summed E-state index contributed by atoms with van der Waals surface area (Å²) in [4.78, 5) is 30.7. The van der Waals surface area contributed by atoms with Crippen LogP contribution < -0.4 is 4.90 Å². The first-order valence-corrected chi connectivity index (χ1v) is 10.00. The first-order valence-electron chi connectivity index (χ1n) is 10.00. The zero-order chi connectivity index (χ0) is 20.8. The predicted octanol–water partition coefficient (Wildman–Crippen LogP) is 2.31. The Hall–Kier alpha value is -2.70. The van der Waals surface area contributed by atoms with E-state index in [1.54, 1.807) is 11.9 Å². The molecule has 0 radical (unpaired) electrons. The fraction of sp³-hybridized carbons (Fsp3) is 0.391. The van der Waals surface area contributed by atoms with Crippen LogP contribution in [0.2, 0.25) is 0 Å². The molecule has 29 heavy (non-hydrogen) atoms. The van der Waals surface area contributed by atoms with Crippen LogP contribution in [0.5, 0.6) is 0 Å². The third kappa shape index (κ3) is 5.43. The Balaban J connectivity index is 1.77. The molecule has 1 aliphatic heterocycles. The molecule has 6 heteroatoms. The van der Waals surface area contributed by atoms with Crippen LogP contribution in [0.15, 0.2) is 60.7 Å². The molecule has 3 rings (SSSR count). The number of likely N-dealkylation sites (N-methyl/N-ethyl adjacent to an activating group) is 1. The number of rotatable bonds is 7. The second-order valence-corrected chi connectivity index (χ2v) is 7.57. The number of anilines is 1. The van der Waals surface area contributed by atoms with Crippen molar-refractivity contribution in [2.24, 2.45) is 0 Å². The lowest BCUT2D eigenvalue weighted by Gasteiger charge is -2.33. The number of aliphatic hydroxyl groups is 1. The molecule has 0 bridgehead atoms.